The number of rotatable bonds is 7. The first-order valence-electron chi connectivity index (χ1n) is 7.38. The van der Waals surface area contributed by atoms with E-state index in [1.165, 1.54) is 10.5 Å². The van der Waals surface area contributed by atoms with Crippen molar-refractivity contribution in [2.45, 2.75) is 31.2 Å². The second kappa shape index (κ2) is 8.11. The van der Waals surface area contributed by atoms with Crippen LogP contribution in [0.5, 0.6) is 11.5 Å². The number of hydrogen-bond donors (Lipinski definition) is 1. The lowest BCUT2D eigenvalue weighted by molar-refractivity contribution is 0.460. The van der Waals surface area contributed by atoms with Crippen molar-refractivity contribution in [2.75, 3.05) is 12.8 Å². The highest BCUT2D eigenvalue weighted by Gasteiger charge is 2.11. The molecular formula is C18H23NOS. The monoisotopic (exact) mass is 301 g/mol. The van der Waals surface area contributed by atoms with E-state index in [4.69, 9.17) is 4.74 Å². The fraction of sp³-hybridized carbons (Fsp3) is 0.333. The molecule has 112 valence electrons. The largest absolute Gasteiger partial charge is 0.457 e. The quantitative estimate of drug-likeness (QED) is 0.705. The lowest BCUT2D eigenvalue weighted by Gasteiger charge is -2.18. The van der Waals surface area contributed by atoms with E-state index in [1.54, 1.807) is 11.8 Å². The zero-order valence-corrected chi connectivity index (χ0v) is 13.7. The van der Waals surface area contributed by atoms with Crippen LogP contribution in [-0.2, 0) is 0 Å². The van der Waals surface area contributed by atoms with Crippen LogP contribution in [-0.4, -0.2) is 12.8 Å². The van der Waals surface area contributed by atoms with Gasteiger partial charge in [0.15, 0.2) is 0 Å². The first-order chi connectivity index (χ1) is 10.2. The van der Waals surface area contributed by atoms with Crippen LogP contribution in [0.25, 0.3) is 0 Å². The number of nitrogens with one attached hydrogen (secondary N) is 1. The van der Waals surface area contributed by atoms with Crippen LogP contribution in [0.15, 0.2) is 53.4 Å². The number of ether oxygens (including phenoxy) is 1. The second-order valence-electron chi connectivity index (χ2n) is 4.99. The molecule has 2 rings (SSSR count). The van der Waals surface area contributed by atoms with Crippen LogP contribution >= 0.6 is 11.8 Å². The molecule has 0 aliphatic carbocycles. The molecule has 0 aliphatic heterocycles. The average Bonchev–Trinajstić information content (AvgIpc) is 2.54. The number of para-hydroxylation sites is 1. The Labute approximate surface area is 131 Å². The van der Waals surface area contributed by atoms with Crippen LogP contribution in [0.2, 0.25) is 0 Å². The second-order valence-corrected chi connectivity index (χ2v) is 5.87. The molecule has 1 N–H and O–H groups in total. The molecule has 3 heteroatoms. The number of hydrogen-bond acceptors (Lipinski definition) is 3. The maximum Gasteiger partial charge on any atom is 0.132 e. The molecule has 0 bridgehead atoms. The van der Waals surface area contributed by atoms with Gasteiger partial charge in [0.05, 0.1) is 0 Å². The first-order valence-corrected chi connectivity index (χ1v) is 8.61. The van der Waals surface area contributed by atoms with Gasteiger partial charge in [-0.15, -0.1) is 11.8 Å². The highest BCUT2D eigenvalue weighted by Crippen LogP contribution is 2.30. The van der Waals surface area contributed by atoms with Crippen molar-refractivity contribution in [3.63, 3.8) is 0 Å². The fourth-order valence-corrected chi connectivity index (χ4v) is 2.58. The molecule has 0 spiro atoms. The maximum absolute atomic E-state index is 6.06. The molecule has 0 saturated heterocycles. The number of thioether (sulfide) groups is 1. The summed E-state index contributed by atoms with van der Waals surface area (Å²) in [6.07, 6.45) is 3.20. The SMILES string of the molecule is CCCNC(C)c1ccccc1Oc1ccc(SC)cc1. The normalized spacial score (nSPS) is 12.1. The summed E-state index contributed by atoms with van der Waals surface area (Å²) in [5, 5.41) is 3.51. The van der Waals surface area contributed by atoms with Crippen molar-refractivity contribution in [1.82, 2.24) is 5.32 Å². The lowest BCUT2D eigenvalue weighted by Crippen LogP contribution is -2.19. The van der Waals surface area contributed by atoms with E-state index in [-0.39, 0.29) is 6.04 Å². The van der Waals surface area contributed by atoms with Gasteiger partial charge < -0.3 is 10.1 Å². The molecule has 0 amide bonds. The Morgan fingerprint density at radius 1 is 1.10 bits per heavy atom. The number of benzene rings is 2. The molecule has 0 fully saturated rings. The summed E-state index contributed by atoms with van der Waals surface area (Å²) < 4.78 is 6.06. The van der Waals surface area contributed by atoms with Gasteiger partial charge in [0, 0.05) is 16.5 Å². The van der Waals surface area contributed by atoms with E-state index in [2.05, 4.69) is 49.7 Å². The van der Waals surface area contributed by atoms with Crippen LogP contribution in [0.1, 0.15) is 31.9 Å². The molecule has 2 aromatic rings. The smallest absolute Gasteiger partial charge is 0.132 e. The van der Waals surface area contributed by atoms with Gasteiger partial charge in [0.25, 0.3) is 0 Å². The third kappa shape index (κ3) is 4.51. The highest BCUT2D eigenvalue weighted by atomic mass is 32.2. The molecular weight excluding hydrogens is 278 g/mol. The summed E-state index contributed by atoms with van der Waals surface area (Å²) >= 11 is 1.74. The molecule has 0 radical (unpaired) electrons. The van der Waals surface area contributed by atoms with Gasteiger partial charge >= 0.3 is 0 Å². The predicted molar refractivity (Wildman–Crippen MR) is 91.4 cm³/mol. The molecule has 0 saturated carbocycles. The molecule has 1 unspecified atom stereocenters. The molecule has 1 atom stereocenters. The van der Waals surface area contributed by atoms with Crippen LogP contribution in [0, 0.1) is 0 Å². The maximum atomic E-state index is 6.06. The van der Waals surface area contributed by atoms with Crippen molar-refractivity contribution >= 4 is 11.8 Å². The minimum absolute atomic E-state index is 0.284. The van der Waals surface area contributed by atoms with Crippen LogP contribution in [0.4, 0.5) is 0 Å². The summed E-state index contributed by atoms with van der Waals surface area (Å²) in [5.41, 5.74) is 1.19. The third-order valence-electron chi connectivity index (χ3n) is 3.37. The third-order valence-corrected chi connectivity index (χ3v) is 4.12. The van der Waals surface area contributed by atoms with E-state index < -0.39 is 0 Å². The summed E-state index contributed by atoms with van der Waals surface area (Å²) in [7, 11) is 0. The Balaban J connectivity index is 2.15. The van der Waals surface area contributed by atoms with E-state index in [0.717, 1.165) is 24.5 Å². The van der Waals surface area contributed by atoms with Crippen molar-refractivity contribution < 1.29 is 4.74 Å². The van der Waals surface area contributed by atoms with Crippen LogP contribution in [0.3, 0.4) is 0 Å². The van der Waals surface area contributed by atoms with Gasteiger partial charge in [-0.3, -0.25) is 0 Å². The van der Waals surface area contributed by atoms with Crippen LogP contribution < -0.4 is 10.1 Å². The highest BCUT2D eigenvalue weighted by molar-refractivity contribution is 7.98. The van der Waals surface area contributed by atoms with E-state index >= 15 is 0 Å². The minimum atomic E-state index is 0.284. The molecule has 21 heavy (non-hydrogen) atoms. The van der Waals surface area contributed by atoms with Gasteiger partial charge in [-0.05, 0) is 56.5 Å². The molecule has 2 aromatic carbocycles. The molecule has 0 heterocycles. The summed E-state index contributed by atoms with van der Waals surface area (Å²) in [6.45, 7) is 5.36. The van der Waals surface area contributed by atoms with Gasteiger partial charge in [0.2, 0.25) is 0 Å². The Bertz CT molecular complexity index is 553. The first kappa shape index (κ1) is 15.9. The lowest BCUT2D eigenvalue weighted by atomic mass is 10.1. The summed E-state index contributed by atoms with van der Waals surface area (Å²) in [6, 6.07) is 16.7. The van der Waals surface area contributed by atoms with E-state index in [1.807, 2.05) is 24.3 Å². The Morgan fingerprint density at radius 2 is 1.81 bits per heavy atom. The van der Waals surface area contributed by atoms with E-state index in [9.17, 15) is 0 Å². The van der Waals surface area contributed by atoms with Crippen molar-refractivity contribution in [1.29, 1.82) is 0 Å². The Kier molecular flexibility index (Phi) is 6.15. The standard InChI is InChI=1S/C18H23NOS/c1-4-13-19-14(2)17-7-5-6-8-18(17)20-15-9-11-16(21-3)12-10-15/h5-12,14,19H,4,13H2,1-3H3. The van der Waals surface area contributed by atoms with Gasteiger partial charge in [-0.25, -0.2) is 0 Å². The van der Waals surface area contributed by atoms with Gasteiger partial charge in [-0.2, -0.15) is 0 Å². The zero-order valence-electron chi connectivity index (χ0n) is 12.9. The average molecular weight is 301 g/mol. The Hall–Kier alpha value is -1.45. The zero-order chi connectivity index (χ0) is 15.1. The van der Waals surface area contributed by atoms with Crippen molar-refractivity contribution in [3.05, 3.63) is 54.1 Å². The minimum Gasteiger partial charge on any atom is -0.457 e. The topological polar surface area (TPSA) is 21.3 Å². The predicted octanol–water partition coefficient (Wildman–Crippen LogP) is 5.26. The van der Waals surface area contributed by atoms with Crippen molar-refractivity contribution in [2.24, 2.45) is 0 Å². The van der Waals surface area contributed by atoms with Gasteiger partial charge in [0.1, 0.15) is 11.5 Å². The summed E-state index contributed by atoms with van der Waals surface area (Å²) in [4.78, 5) is 1.24. The Morgan fingerprint density at radius 3 is 2.48 bits per heavy atom. The summed E-state index contributed by atoms with van der Waals surface area (Å²) in [5.74, 6) is 1.80. The fourth-order valence-electron chi connectivity index (χ4n) is 2.17. The molecule has 2 nitrogen and oxygen atoms in total. The molecule has 0 aromatic heterocycles. The molecule has 0 aliphatic rings. The van der Waals surface area contributed by atoms with Crippen molar-refractivity contribution in [3.8, 4) is 11.5 Å². The van der Waals surface area contributed by atoms with E-state index in [0.29, 0.717) is 0 Å². The van der Waals surface area contributed by atoms with Gasteiger partial charge in [-0.1, -0.05) is 25.1 Å².